The summed E-state index contributed by atoms with van der Waals surface area (Å²) in [5.74, 6) is 0.341. The van der Waals surface area contributed by atoms with Gasteiger partial charge in [0.25, 0.3) is 0 Å². The Morgan fingerprint density at radius 1 is 1.12 bits per heavy atom. The third-order valence-electron chi connectivity index (χ3n) is 4.27. The van der Waals surface area contributed by atoms with Gasteiger partial charge in [-0.3, -0.25) is 0 Å². The van der Waals surface area contributed by atoms with Crippen LogP contribution >= 0.6 is 0 Å². The molecule has 7 heteroatoms. The Morgan fingerprint density at radius 3 is 2.44 bits per heavy atom. The molecule has 132 valence electrons. The van der Waals surface area contributed by atoms with Gasteiger partial charge in [0.1, 0.15) is 0 Å². The maximum atomic E-state index is 11.2. The van der Waals surface area contributed by atoms with E-state index in [9.17, 15) is 4.79 Å². The number of benzene rings is 1. The number of nitrogens with zero attached hydrogens (tertiary/aromatic N) is 2. The lowest BCUT2D eigenvalue weighted by molar-refractivity contribution is -0.143. The standard InChI is InChI=1S/C18H20N2O5/c1-22-14(21)10-25-18-19-16(23-2)15(17(20-18)24-3)13-9-8-11-6-4-5-7-12(11)13/h4-7,13H,8-10H2,1-3H3. The topological polar surface area (TPSA) is 79.8 Å². The summed E-state index contributed by atoms with van der Waals surface area (Å²) in [6, 6.07) is 8.30. The van der Waals surface area contributed by atoms with Crippen molar-refractivity contribution in [2.75, 3.05) is 27.9 Å². The molecule has 1 atom stereocenters. The van der Waals surface area contributed by atoms with Crippen LogP contribution in [0.3, 0.4) is 0 Å². The average molecular weight is 344 g/mol. The number of carbonyl (C=O) groups is 1. The van der Waals surface area contributed by atoms with Crippen LogP contribution in [0.15, 0.2) is 24.3 Å². The second-order valence-electron chi connectivity index (χ2n) is 5.59. The molecule has 1 aromatic carbocycles. The number of ether oxygens (including phenoxy) is 4. The zero-order valence-electron chi connectivity index (χ0n) is 14.4. The van der Waals surface area contributed by atoms with Crippen molar-refractivity contribution >= 4 is 5.97 Å². The zero-order valence-corrected chi connectivity index (χ0v) is 14.4. The van der Waals surface area contributed by atoms with Gasteiger partial charge in [0.2, 0.25) is 11.8 Å². The minimum atomic E-state index is -0.518. The lowest BCUT2D eigenvalue weighted by atomic mass is 9.94. The van der Waals surface area contributed by atoms with Crippen molar-refractivity contribution in [2.24, 2.45) is 0 Å². The number of aromatic nitrogens is 2. The van der Waals surface area contributed by atoms with Crippen LogP contribution in [0.1, 0.15) is 29.0 Å². The predicted octanol–water partition coefficient (Wildman–Crippen LogP) is 2.12. The van der Waals surface area contributed by atoms with Gasteiger partial charge in [-0.25, -0.2) is 4.79 Å². The van der Waals surface area contributed by atoms with Crippen LogP contribution in [0.2, 0.25) is 0 Å². The zero-order chi connectivity index (χ0) is 17.8. The fraction of sp³-hybridized carbons (Fsp3) is 0.389. The van der Waals surface area contributed by atoms with Gasteiger partial charge in [0.05, 0.1) is 26.9 Å². The molecule has 1 unspecified atom stereocenters. The van der Waals surface area contributed by atoms with E-state index in [1.807, 2.05) is 12.1 Å². The first-order valence-corrected chi connectivity index (χ1v) is 7.95. The fourth-order valence-electron chi connectivity index (χ4n) is 3.12. The van der Waals surface area contributed by atoms with E-state index in [2.05, 4.69) is 26.8 Å². The summed E-state index contributed by atoms with van der Waals surface area (Å²) in [6.07, 6.45) is 1.91. The molecule has 0 saturated heterocycles. The molecule has 0 fully saturated rings. The van der Waals surface area contributed by atoms with Gasteiger partial charge in [0, 0.05) is 5.92 Å². The molecular formula is C18H20N2O5. The molecule has 0 amide bonds. The van der Waals surface area contributed by atoms with Crippen LogP contribution in [0.5, 0.6) is 17.8 Å². The number of hydrogen-bond acceptors (Lipinski definition) is 7. The summed E-state index contributed by atoms with van der Waals surface area (Å²) in [7, 11) is 4.36. The van der Waals surface area contributed by atoms with Crippen molar-refractivity contribution in [3.63, 3.8) is 0 Å². The van der Waals surface area contributed by atoms with E-state index in [4.69, 9.17) is 14.2 Å². The number of carbonyl (C=O) groups excluding carboxylic acids is 1. The molecule has 1 aliphatic carbocycles. The monoisotopic (exact) mass is 344 g/mol. The molecule has 0 spiro atoms. The predicted molar refractivity (Wildman–Crippen MR) is 89.3 cm³/mol. The van der Waals surface area contributed by atoms with E-state index >= 15 is 0 Å². The Morgan fingerprint density at radius 2 is 1.80 bits per heavy atom. The first-order valence-electron chi connectivity index (χ1n) is 7.95. The lowest BCUT2D eigenvalue weighted by Crippen LogP contribution is -2.15. The van der Waals surface area contributed by atoms with Gasteiger partial charge in [-0.2, -0.15) is 9.97 Å². The quantitative estimate of drug-likeness (QED) is 0.743. The Labute approximate surface area is 145 Å². The highest BCUT2D eigenvalue weighted by Crippen LogP contribution is 2.44. The molecular weight excluding hydrogens is 324 g/mol. The van der Waals surface area contributed by atoms with Gasteiger partial charge in [0.15, 0.2) is 6.61 Å². The highest BCUT2D eigenvalue weighted by molar-refractivity contribution is 5.70. The van der Waals surface area contributed by atoms with Crippen molar-refractivity contribution in [1.82, 2.24) is 9.97 Å². The van der Waals surface area contributed by atoms with Gasteiger partial charge in [-0.15, -0.1) is 0 Å². The summed E-state index contributed by atoms with van der Waals surface area (Å²) in [6.45, 7) is -0.283. The number of aryl methyl sites for hydroxylation is 1. The van der Waals surface area contributed by atoms with Gasteiger partial charge in [-0.05, 0) is 24.0 Å². The van der Waals surface area contributed by atoms with Crippen LogP contribution < -0.4 is 14.2 Å². The lowest BCUT2D eigenvalue weighted by Gasteiger charge is -2.18. The SMILES string of the molecule is COC(=O)COc1nc(OC)c(C2CCc3ccccc32)c(OC)n1. The Bertz CT molecular complexity index is 753. The van der Waals surface area contributed by atoms with Crippen molar-refractivity contribution < 1.29 is 23.7 Å². The van der Waals surface area contributed by atoms with Gasteiger partial charge in [-0.1, -0.05) is 24.3 Å². The van der Waals surface area contributed by atoms with Crippen molar-refractivity contribution in [3.8, 4) is 17.8 Å². The molecule has 1 aromatic heterocycles. The minimum absolute atomic E-state index is 0.00846. The van der Waals surface area contributed by atoms with Crippen LogP contribution in [-0.2, 0) is 16.0 Å². The summed E-state index contributed by atoms with van der Waals surface area (Å²) in [5, 5.41) is 0. The van der Waals surface area contributed by atoms with Gasteiger partial charge < -0.3 is 18.9 Å². The molecule has 3 rings (SSSR count). The number of fused-ring (bicyclic) bond motifs is 1. The maximum Gasteiger partial charge on any atom is 0.344 e. The number of esters is 1. The van der Waals surface area contributed by atoms with Crippen molar-refractivity contribution in [1.29, 1.82) is 0 Å². The summed E-state index contributed by atoms with van der Waals surface area (Å²) in [4.78, 5) is 19.8. The molecule has 0 saturated carbocycles. The second kappa shape index (κ2) is 7.38. The highest BCUT2D eigenvalue weighted by Gasteiger charge is 2.31. The third-order valence-corrected chi connectivity index (χ3v) is 4.27. The van der Waals surface area contributed by atoms with Crippen molar-refractivity contribution in [2.45, 2.75) is 18.8 Å². The second-order valence-corrected chi connectivity index (χ2v) is 5.59. The third kappa shape index (κ3) is 3.35. The summed E-state index contributed by atoms with van der Waals surface area (Å²) >= 11 is 0. The number of hydrogen-bond donors (Lipinski definition) is 0. The van der Waals surface area contributed by atoms with Crippen LogP contribution in [-0.4, -0.2) is 43.9 Å². The van der Waals surface area contributed by atoms with E-state index in [-0.39, 0.29) is 18.5 Å². The van der Waals surface area contributed by atoms with E-state index in [0.29, 0.717) is 11.8 Å². The Balaban J connectivity index is 1.98. The molecule has 0 N–H and O–H groups in total. The van der Waals surface area contributed by atoms with E-state index in [1.165, 1.54) is 32.5 Å². The normalized spacial score (nSPS) is 15.4. The first-order chi connectivity index (χ1) is 12.2. The smallest absolute Gasteiger partial charge is 0.344 e. The molecule has 2 aromatic rings. The van der Waals surface area contributed by atoms with Crippen LogP contribution in [0.4, 0.5) is 0 Å². The molecule has 1 heterocycles. The number of methoxy groups -OCH3 is 3. The molecule has 0 bridgehead atoms. The van der Waals surface area contributed by atoms with Crippen LogP contribution in [0, 0.1) is 0 Å². The summed E-state index contributed by atoms with van der Waals surface area (Å²) in [5.41, 5.74) is 3.33. The summed E-state index contributed by atoms with van der Waals surface area (Å²) < 4.78 is 20.7. The largest absolute Gasteiger partial charge is 0.481 e. The van der Waals surface area contributed by atoms with Crippen LogP contribution in [0.25, 0.3) is 0 Å². The molecule has 7 nitrogen and oxygen atoms in total. The van der Waals surface area contributed by atoms with E-state index in [1.54, 1.807) is 0 Å². The average Bonchev–Trinajstić information content (AvgIpc) is 3.08. The van der Waals surface area contributed by atoms with E-state index in [0.717, 1.165) is 18.4 Å². The van der Waals surface area contributed by atoms with Gasteiger partial charge >= 0.3 is 12.0 Å². The maximum absolute atomic E-state index is 11.2. The molecule has 25 heavy (non-hydrogen) atoms. The Hall–Kier alpha value is -2.83. The molecule has 0 aliphatic heterocycles. The minimum Gasteiger partial charge on any atom is -0.481 e. The van der Waals surface area contributed by atoms with Crippen molar-refractivity contribution in [3.05, 3.63) is 41.0 Å². The first kappa shape index (κ1) is 17.0. The molecule has 1 aliphatic rings. The number of rotatable bonds is 6. The molecule has 0 radical (unpaired) electrons. The van der Waals surface area contributed by atoms with E-state index < -0.39 is 5.97 Å². The highest BCUT2D eigenvalue weighted by atomic mass is 16.6. The fourth-order valence-corrected chi connectivity index (χ4v) is 3.12. The Kier molecular flexibility index (Phi) is 5.02.